The molecule has 1 rings (SSSR count). The summed E-state index contributed by atoms with van der Waals surface area (Å²) in [5.74, 6) is -7.95. The van der Waals surface area contributed by atoms with E-state index in [0.29, 0.717) is 6.07 Å². The highest BCUT2D eigenvalue weighted by Gasteiger charge is 2.29. The van der Waals surface area contributed by atoms with Gasteiger partial charge in [0.15, 0.2) is 0 Å². The van der Waals surface area contributed by atoms with Gasteiger partial charge in [-0.25, -0.2) is 13.2 Å². The van der Waals surface area contributed by atoms with Gasteiger partial charge in [-0.15, -0.1) is 0 Å². The van der Waals surface area contributed by atoms with Gasteiger partial charge in [0.2, 0.25) is 5.82 Å². The number of aliphatic hydroxyl groups excluding tert-OH is 1. The molecule has 20 heavy (non-hydrogen) atoms. The van der Waals surface area contributed by atoms with Crippen LogP contribution in [0.3, 0.4) is 0 Å². The van der Waals surface area contributed by atoms with Crippen molar-refractivity contribution < 1.29 is 32.4 Å². The number of benzene rings is 1. The summed E-state index contributed by atoms with van der Waals surface area (Å²) in [6.45, 7) is -2.84. The first-order valence-electron chi connectivity index (χ1n) is 5.08. The van der Waals surface area contributed by atoms with Crippen LogP contribution in [0, 0.1) is 21.7 Å². The minimum atomic E-state index is -3.63. The van der Waals surface area contributed by atoms with E-state index in [1.165, 1.54) is 0 Å². The van der Waals surface area contributed by atoms with Crippen molar-refractivity contribution in [3.63, 3.8) is 0 Å². The Morgan fingerprint density at radius 2 is 1.95 bits per heavy atom. The molecule has 0 aromatic heterocycles. The second-order valence-corrected chi connectivity index (χ2v) is 3.74. The molecule has 110 valence electrons. The van der Waals surface area contributed by atoms with E-state index in [1.807, 2.05) is 0 Å². The van der Waals surface area contributed by atoms with Gasteiger partial charge in [0.1, 0.15) is 12.4 Å². The lowest BCUT2D eigenvalue weighted by molar-refractivity contribution is -0.387. The molecule has 0 aliphatic carbocycles. The highest BCUT2D eigenvalue weighted by Crippen LogP contribution is 2.21. The minimum Gasteiger partial charge on any atom is -0.390 e. The number of aliphatic hydroxyl groups is 1. The molecule has 1 aromatic rings. The SMILES string of the molecule is O=C(NCC(F)(F)CO)c1cc([N+](=O)[O-])c(F)cc1F. The maximum Gasteiger partial charge on any atom is 0.305 e. The van der Waals surface area contributed by atoms with Gasteiger partial charge in [0.25, 0.3) is 11.8 Å². The van der Waals surface area contributed by atoms with E-state index in [-0.39, 0.29) is 6.07 Å². The van der Waals surface area contributed by atoms with Crippen molar-refractivity contribution in [3.05, 3.63) is 39.4 Å². The van der Waals surface area contributed by atoms with Crippen LogP contribution in [0.5, 0.6) is 0 Å². The molecule has 0 radical (unpaired) electrons. The average Bonchev–Trinajstić information content (AvgIpc) is 2.35. The largest absolute Gasteiger partial charge is 0.390 e. The molecule has 1 aromatic carbocycles. The molecule has 2 N–H and O–H groups in total. The van der Waals surface area contributed by atoms with Crippen molar-refractivity contribution in [2.24, 2.45) is 0 Å². The van der Waals surface area contributed by atoms with Crippen molar-refractivity contribution in [2.45, 2.75) is 5.92 Å². The Kier molecular flexibility index (Phi) is 4.61. The van der Waals surface area contributed by atoms with Gasteiger partial charge < -0.3 is 10.4 Å². The Balaban J connectivity index is 2.99. The van der Waals surface area contributed by atoms with Crippen LogP contribution in [-0.4, -0.2) is 35.0 Å². The molecule has 0 saturated heterocycles. The van der Waals surface area contributed by atoms with Crippen LogP contribution in [0.2, 0.25) is 0 Å². The van der Waals surface area contributed by atoms with E-state index in [2.05, 4.69) is 0 Å². The van der Waals surface area contributed by atoms with Crippen LogP contribution in [-0.2, 0) is 0 Å². The molecule has 0 aliphatic heterocycles. The molecule has 0 bridgehead atoms. The molecule has 0 unspecified atom stereocenters. The summed E-state index contributed by atoms with van der Waals surface area (Å²) in [6.07, 6.45) is 0. The highest BCUT2D eigenvalue weighted by molar-refractivity contribution is 5.95. The monoisotopic (exact) mass is 296 g/mol. The fourth-order valence-electron chi connectivity index (χ4n) is 1.21. The van der Waals surface area contributed by atoms with Gasteiger partial charge in [0, 0.05) is 12.1 Å². The van der Waals surface area contributed by atoms with Crippen molar-refractivity contribution >= 4 is 11.6 Å². The molecule has 0 fully saturated rings. The van der Waals surface area contributed by atoms with Gasteiger partial charge in [-0.3, -0.25) is 14.9 Å². The Hall–Kier alpha value is -2.23. The van der Waals surface area contributed by atoms with E-state index >= 15 is 0 Å². The van der Waals surface area contributed by atoms with E-state index < -0.39 is 52.8 Å². The van der Waals surface area contributed by atoms with Gasteiger partial charge in [-0.1, -0.05) is 0 Å². The number of carbonyl (C=O) groups is 1. The minimum absolute atomic E-state index is 0.108. The standard InChI is InChI=1S/C10H8F4N2O4/c11-6-2-7(12)8(16(19)20)1-5(6)9(18)15-3-10(13,14)4-17/h1-2,17H,3-4H2,(H,15,18). The summed E-state index contributed by atoms with van der Waals surface area (Å²) in [5.41, 5.74) is -2.11. The number of nitro groups is 1. The third-order valence-electron chi connectivity index (χ3n) is 2.22. The molecule has 0 spiro atoms. The number of alkyl halides is 2. The van der Waals surface area contributed by atoms with Crippen molar-refractivity contribution in [2.75, 3.05) is 13.2 Å². The third kappa shape index (κ3) is 3.63. The number of nitrogens with zero attached hydrogens (tertiary/aromatic N) is 1. The number of nitro benzene ring substituents is 1. The predicted molar refractivity (Wildman–Crippen MR) is 57.4 cm³/mol. The van der Waals surface area contributed by atoms with Crippen molar-refractivity contribution in [3.8, 4) is 0 Å². The maximum atomic E-state index is 13.3. The van der Waals surface area contributed by atoms with E-state index in [0.717, 1.165) is 0 Å². The molecule has 6 nitrogen and oxygen atoms in total. The first kappa shape index (κ1) is 15.8. The fourth-order valence-corrected chi connectivity index (χ4v) is 1.21. The number of amides is 1. The van der Waals surface area contributed by atoms with E-state index in [1.54, 1.807) is 5.32 Å². The van der Waals surface area contributed by atoms with Crippen molar-refractivity contribution in [1.82, 2.24) is 5.32 Å². The van der Waals surface area contributed by atoms with Crippen LogP contribution in [0.15, 0.2) is 12.1 Å². The number of hydrogen-bond donors (Lipinski definition) is 2. The third-order valence-corrected chi connectivity index (χ3v) is 2.22. The number of hydrogen-bond acceptors (Lipinski definition) is 4. The van der Waals surface area contributed by atoms with Crippen LogP contribution in [0.4, 0.5) is 23.2 Å². The first-order valence-corrected chi connectivity index (χ1v) is 5.08. The topological polar surface area (TPSA) is 92.5 Å². The lowest BCUT2D eigenvalue weighted by Crippen LogP contribution is -2.39. The summed E-state index contributed by atoms with van der Waals surface area (Å²) in [4.78, 5) is 20.6. The Morgan fingerprint density at radius 1 is 1.35 bits per heavy atom. The summed E-state index contributed by atoms with van der Waals surface area (Å²) in [5, 5.41) is 20.3. The Morgan fingerprint density at radius 3 is 2.45 bits per heavy atom. The van der Waals surface area contributed by atoms with Crippen LogP contribution >= 0.6 is 0 Å². The Bertz CT molecular complexity index is 550. The van der Waals surface area contributed by atoms with Crippen molar-refractivity contribution in [1.29, 1.82) is 0 Å². The number of carbonyl (C=O) groups excluding carboxylic acids is 1. The van der Waals surface area contributed by atoms with Crippen LogP contribution in [0.1, 0.15) is 10.4 Å². The first-order chi connectivity index (χ1) is 9.18. The molecular formula is C10H8F4N2O4. The van der Waals surface area contributed by atoms with E-state index in [4.69, 9.17) is 5.11 Å². The summed E-state index contributed by atoms with van der Waals surface area (Å²) >= 11 is 0. The lowest BCUT2D eigenvalue weighted by atomic mass is 10.1. The molecule has 0 heterocycles. The zero-order chi connectivity index (χ0) is 15.5. The zero-order valence-corrected chi connectivity index (χ0v) is 9.70. The molecule has 0 saturated carbocycles. The quantitative estimate of drug-likeness (QED) is 0.485. The Labute approximate surface area is 109 Å². The van der Waals surface area contributed by atoms with Gasteiger partial charge in [-0.2, -0.15) is 4.39 Å². The second-order valence-electron chi connectivity index (χ2n) is 3.74. The van der Waals surface area contributed by atoms with Crippen LogP contribution < -0.4 is 5.32 Å². The van der Waals surface area contributed by atoms with Gasteiger partial charge >= 0.3 is 5.69 Å². The molecule has 10 heteroatoms. The zero-order valence-electron chi connectivity index (χ0n) is 9.70. The molecular weight excluding hydrogens is 288 g/mol. The number of rotatable bonds is 5. The lowest BCUT2D eigenvalue weighted by Gasteiger charge is -2.14. The second kappa shape index (κ2) is 5.82. The smallest absolute Gasteiger partial charge is 0.305 e. The highest BCUT2D eigenvalue weighted by atomic mass is 19.3. The summed E-state index contributed by atoms with van der Waals surface area (Å²) in [7, 11) is 0. The maximum absolute atomic E-state index is 13.3. The molecule has 1 amide bonds. The molecule has 0 atom stereocenters. The number of nitrogens with one attached hydrogen (secondary N) is 1. The van der Waals surface area contributed by atoms with Gasteiger partial charge in [-0.05, 0) is 0 Å². The fraction of sp³-hybridized carbons (Fsp3) is 0.300. The normalized spacial score (nSPS) is 11.2. The van der Waals surface area contributed by atoms with E-state index in [9.17, 15) is 32.5 Å². The number of halogens is 4. The molecule has 0 aliphatic rings. The van der Waals surface area contributed by atoms with Crippen LogP contribution in [0.25, 0.3) is 0 Å². The summed E-state index contributed by atoms with van der Waals surface area (Å²) < 4.78 is 51.6. The summed E-state index contributed by atoms with van der Waals surface area (Å²) in [6, 6.07) is 0.411. The predicted octanol–water partition coefficient (Wildman–Crippen LogP) is 1.23. The average molecular weight is 296 g/mol. The van der Waals surface area contributed by atoms with Gasteiger partial charge in [0.05, 0.1) is 17.0 Å².